The van der Waals surface area contributed by atoms with Crippen molar-refractivity contribution in [3.05, 3.63) is 35.0 Å². The molecule has 178 valence electrons. The zero-order valence-electron chi connectivity index (χ0n) is 18.4. The fraction of sp³-hybridized carbons (Fsp3) is 0.478. The Morgan fingerprint density at radius 2 is 1.94 bits per heavy atom. The first-order chi connectivity index (χ1) is 15.8. The lowest BCUT2D eigenvalue weighted by Crippen LogP contribution is -2.47. The lowest BCUT2D eigenvalue weighted by Gasteiger charge is -2.19. The van der Waals surface area contributed by atoms with Gasteiger partial charge in [-0.3, -0.25) is 19.2 Å². The number of ketones is 1. The van der Waals surface area contributed by atoms with Crippen molar-refractivity contribution >= 4 is 57.6 Å². The van der Waals surface area contributed by atoms with Gasteiger partial charge < -0.3 is 20.9 Å². The Bertz CT molecular complexity index is 1030. The van der Waals surface area contributed by atoms with Crippen LogP contribution in [-0.4, -0.2) is 53.5 Å². The fourth-order valence-electron chi connectivity index (χ4n) is 3.43. The minimum Gasteiger partial charge on any atom is -0.356 e. The molecule has 8 nitrogen and oxygen atoms in total. The molecular formula is C23H28Cl2N4O4. The van der Waals surface area contributed by atoms with Crippen LogP contribution in [0.5, 0.6) is 0 Å². The van der Waals surface area contributed by atoms with E-state index < -0.39 is 17.9 Å². The summed E-state index contributed by atoms with van der Waals surface area (Å²) in [6.45, 7) is 2.49. The molecule has 3 amide bonds. The summed E-state index contributed by atoms with van der Waals surface area (Å²) < 4.78 is 0. The van der Waals surface area contributed by atoms with E-state index in [4.69, 9.17) is 23.2 Å². The Morgan fingerprint density at radius 3 is 2.52 bits per heavy atom. The zero-order valence-corrected chi connectivity index (χ0v) is 19.9. The quantitative estimate of drug-likeness (QED) is 0.421. The first kappa shape index (κ1) is 25.1. The van der Waals surface area contributed by atoms with Gasteiger partial charge in [-0.2, -0.15) is 0 Å². The Labute approximate surface area is 202 Å². The monoisotopic (exact) mass is 494 g/mol. The minimum atomic E-state index is -0.877. The van der Waals surface area contributed by atoms with Crippen molar-refractivity contribution in [1.29, 1.82) is 0 Å². The normalized spacial score (nSPS) is 18.2. The number of benzene rings is 1. The van der Waals surface area contributed by atoms with Crippen LogP contribution in [-0.2, 0) is 14.4 Å². The predicted molar refractivity (Wildman–Crippen MR) is 127 cm³/mol. The number of amides is 3. The second kappa shape index (κ2) is 11.5. The maximum Gasteiger partial charge on any atom is 0.268 e. The summed E-state index contributed by atoms with van der Waals surface area (Å²) in [4.78, 5) is 51.3. The smallest absolute Gasteiger partial charge is 0.268 e. The molecule has 1 aromatic carbocycles. The molecule has 0 spiro atoms. The predicted octanol–water partition coefficient (Wildman–Crippen LogP) is 2.79. The molecule has 0 bridgehead atoms. The standard InChI is InChI=1S/C19H20Cl2N4O4.C4H8/c20-8-15(26)13(7-11-4-5-22-18(11)28)24-16(27)9-23-19(29)14-6-10-2-1-3-12(21)17(10)25-14;1-4-2-3-4/h1-3,6,11,13,25H,4-5,7-9H2,(H,22,28)(H,23,29)(H,24,27);4H,2-3H2,1H3/t11-,13-;/m0./s1. The Morgan fingerprint density at radius 1 is 1.21 bits per heavy atom. The summed E-state index contributed by atoms with van der Waals surface area (Å²) in [5.74, 6) is -1.09. The molecule has 2 aromatic rings. The first-order valence-corrected chi connectivity index (χ1v) is 11.9. The molecular weight excluding hydrogens is 467 g/mol. The van der Waals surface area contributed by atoms with Crippen molar-refractivity contribution in [2.24, 2.45) is 11.8 Å². The first-order valence-electron chi connectivity index (χ1n) is 11.0. The van der Waals surface area contributed by atoms with Crippen LogP contribution in [0.3, 0.4) is 0 Å². The Hall–Kier alpha value is -2.58. The van der Waals surface area contributed by atoms with Crippen LogP contribution in [0.2, 0.25) is 5.02 Å². The fourth-order valence-corrected chi connectivity index (χ4v) is 3.84. The third-order valence-electron chi connectivity index (χ3n) is 5.66. The molecule has 2 fully saturated rings. The van der Waals surface area contributed by atoms with Crippen LogP contribution in [0, 0.1) is 11.8 Å². The van der Waals surface area contributed by atoms with Gasteiger partial charge in [-0.1, -0.05) is 43.5 Å². The van der Waals surface area contributed by atoms with Crippen molar-refractivity contribution in [2.75, 3.05) is 19.0 Å². The van der Waals surface area contributed by atoms with Gasteiger partial charge >= 0.3 is 0 Å². The molecule has 4 N–H and O–H groups in total. The summed E-state index contributed by atoms with van der Waals surface area (Å²) in [5.41, 5.74) is 0.892. The van der Waals surface area contributed by atoms with E-state index in [0.717, 1.165) is 11.3 Å². The third kappa shape index (κ3) is 7.20. The van der Waals surface area contributed by atoms with E-state index in [-0.39, 0.29) is 42.1 Å². The molecule has 2 aliphatic rings. The second-order valence-corrected chi connectivity index (χ2v) is 9.16. The molecule has 0 unspecified atom stereocenters. The van der Waals surface area contributed by atoms with Gasteiger partial charge in [0.05, 0.1) is 29.0 Å². The topological polar surface area (TPSA) is 120 Å². The number of fused-ring (bicyclic) bond motifs is 1. The van der Waals surface area contributed by atoms with Crippen molar-refractivity contribution in [1.82, 2.24) is 20.9 Å². The number of carbonyl (C=O) groups excluding carboxylic acids is 4. The van der Waals surface area contributed by atoms with Crippen LogP contribution in [0.4, 0.5) is 0 Å². The molecule has 10 heteroatoms. The number of hydrogen-bond acceptors (Lipinski definition) is 4. The number of nitrogens with one attached hydrogen (secondary N) is 4. The van der Waals surface area contributed by atoms with E-state index in [1.54, 1.807) is 18.2 Å². The number of aromatic amines is 1. The molecule has 33 heavy (non-hydrogen) atoms. The highest BCUT2D eigenvalue weighted by molar-refractivity contribution is 6.35. The van der Waals surface area contributed by atoms with Crippen LogP contribution >= 0.6 is 23.2 Å². The molecule has 1 aromatic heterocycles. The SMILES string of the molecule is CC1CC1.O=C(CNC(=O)c1cc2cccc(Cl)c2[nH]1)N[C@@H](C[C@@H]1CCNC1=O)C(=O)CCl. The molecule has 2 atom stereocenters. The number of H-pyrrole nitrogens is 1. The van der Waals surface area contributed by atoms with Gasteiger partial charge in [-0.05, 0) is 30.9 Å². The number of Topliss-reactive ketones (excluding diaryl/α,β-unsaturated/α-hetero) is 1. The largest absolute Gasteiger partial charge is 0.356 e. The van der Waals surface area contributed by atoms with Gasteiger partial charge in [0.15, 0.2) is 5.78 Å². The summed E-state index contributed by atoms with van der Waals surface area (Å²) in [6.07, 6.45) is 3.75. The molecule has 0 radical (unpaired) electrons. The second-order valence-electron chi connectivity index (χ2n) is 8.48. The number of carbonyl (C=O) groups is 4. The van der Waals surface area contributed by atoms with Gasteiger partial charge in [0.2, 0.25) is 11.8 Å². The lowest BCUT2D eigenvalue weighted by molar-refractivity contribution is -0.128. The molecule has 1 aliphatic carbocycles. The highest BCUT2D eigenvalue weighted by Gasteiger charge is 2.30. The summed E-state index contributed by atoms with van der Waals surface area (Å²) in [5, 5.41) is 9.00. The van der Waals surface area contributed by atoms with Crippen LogP contribution < -0.4 is 16.0 Å². The van der Waals surface area contributed by atoms with E-state index in [9.17, 15) is 19.2 Å². The van der Waals surface area contributed by atoms with Crippen molar-refractivity contribution in [3.8, 4) is 0 Å². The molecule has 4 rings (SSSR count). The van der Waals surface area contributed by atoms with Gasteiger partial charge in [-0.25, -0.2) is 0 Å². The van der Waals surface area contributed by atoms with E-state index in [0.29, 0.717) is 23.5 Å². The zero-order chi connectivity index (χ0) is 24.0. The molecule has 1 saturated heterocycles. The van der Waals surface area contributed by atoms with Gasteiger partial charge in [0, 0.05) is 17.8 Å². The maximum absolute atomic E-state index is 12.3. The van der Waals surface area contributed by atoms with Crippen molar-refractivity contribution < 1.29 is 19.2 Å². The van der Waals surface area contributed by atoms with Crippen LogP contribution in [0.15, 0.2) is 24.3 Å². The van der Waals surface area contributed by atoms with E-state index in [2.05, 4.69) is 27.9 Å². The Kier molecular flexibility index (Phi) is 8.74. The van der Waals surface area contributed by atoms with E-state index in [1.807, 2.05) is 6.07 Å². The maximum atomic E-state index is 12.3. The minimum absolute atomic E-state index is 0.141. The highest BCUT2D eigenvalue weighted by Crippen LogP contribution is 2.26. The molecule has 1 aliphatic heterocycles. The summed E-state index contributed by atoms with van der Waals surface area (Å²) in [7, 11) is 0. The number of aromatic nitrogens is 1. The van der Waals surface area contributed by atoms with Gasteiger partial charge in [-0.15, -0.1) is 11.6 Å². The molecule has 2 heterocycles. The lowest BCUT2D eigenvalue weighted by atomic mass is 9.96. The number of halogens is 2. The highest BCUT2D eigenvalue weighted by atomic mass is 35.5. The Balaban J connectivity index is 0.000000690. The summed E-state index contributed by atoms with van der Waals surface area (Å²) in [6, 6.07) is 6.04. The third-order valence-corrected chi connectivity index (χ3v) is 6.24. The van der Waals surface area contributed by atoms with Gasteiger partial charge in [0.25, 0.3) is 5.91 Å². The van der Waals surface area contributed by atoms with E-state index in [1.165, 1.54) is 12.8 Å². The number of alkyl halides is 1. The number of para-hydroxylation sites is 1. The van der Waals surface area contributed by atoms with Crippen molar-refractivity contribution in [3.63, 3.8) is 0 Å². The van der Waals surface area contributed by atoms with E-state index >= 15 is 0 Å². The summed E-state index contributed by atoms with van der Waals surface area (Å²) >= 11 is 11.7. The average Bonchev–Trinajstić information content (AvgIpc) is 3.28. The number of hydrogen-bond donors (Lipinski definition) is 4. The van der Waals surface area contributed by atoms with Crippen LogP contribution in [0.1, 0.15) is 43.1 Å². The van der Waals surface area contributed by atoms with Crippen molar-refractivity contribution in [2.45, 2.75) is 38.6 Å². The average molecular weight is 495 g/mol. The van der Waals surface area contributed by atoms with Gasteiger partial charge in [0.1, 0.15) is 5.69 Å². The number of rotatable bonds is 8. The van der Waals surface area contributed by atoms with Crippen LogP contribution in [0.25, 0.3) is 10.9 Å². The molecule has 1 saturated carbocycles.